The van der Waals surface area contributed by atoms with E-state index >= 15 is 0 Å². The second kappa shape index (κ2) is 4.57. The summed E-state index contributed by atoms with van der Waals surface area (Å²) in [5.74, 6) is -0.0425. The van der Waals surface area contributed by atoms with Gasteiger partial charge in [-0.1, -0.05) is 6.08 Å². The van der Waals surface area contributed by atoms with E-state index in [4.69, 9.17) is 5.73 Å². The fraction of sp³-hybridized carbons (Fsp3) is 0.700. The van der Waals surface area contributed by atoms with E-state index in [-0.39, 0.29) is 12.5 Å². The summed E-state index contributed by atoms with van der Waals surface area (Å²) in [6.45, 7) is 3.09. The minimum Gasteiger partial charge on any atom is -0.387 e. The molecule has 0 aromatic carbocycles. The van der Waals surface area contributed by atoms with Crippen LogP contribution in [0.4, 0.5) is 0 Å². The van der Waals surface area contributed by atoms with Gasteiger partial charge < -0.3 is 15.7 Å². The Morgan fingerprint density at radius 1 is 1.71 bits per heavy atom. The van der Waals surface area contributed by atoms with E-state index in [0.717, 1.165) is 6.42 Å². The summed E-state index contributed by atoms with van der Waals surface area (Å²) in [6, 6.07) is 0. The molecule has 80 valence electrons. The molecule has 4 nitrogen and oxygen atoms in total. The van der Waals surface area contributed by atoms with Gasteiger partial charge in [0.15, 0.2) is 0 Å². The lowest BCUT2D eigenvalue weighted by Gasteiger charge is -2.38. The highest BCUT2D eigenvalue weighted by Gasteiger charge is 2.33. The number of hydrogen-bond donors (Lipinski definition) is 2. The van der Waals surface area contributed by atoms with E-state index in [0.29, 0.717) is 19.5 Å². The van der Waals surface area contributed by atoms with Gasteiger partial charge in [0, 0.05) is 13.1 Å². The largest absolute Gasteiger partial charge is 0.387 e. The van der Waals surface area contributed by atoms with E-state index in [1.807, 2.05) is 0 Å². The van der Waals surface area contributed by atoms with E-state index in [1.165, 1.54) is 6.08 Å². The maximum atomic E-state index is 11.5. The lowest BCUT2D eigenvalue weighted by molar-refractivity contribution is -0.132. The van der Waals surface area contributed by atoms with Gasteiger partial charge in [0.05, 0.1) is 12.1 Å². The van der Waals surface area contributed by atoms with E-state index in [1.54, 1.807) is 17.9 Å². The Morgan fingerprint density at radius 2 is 2.43 bits per heavy atom. The van der Waals surface area contributed by atoms with Crippen LogP contribution in [0.2, 0.25) is 0 Å². The monoisotopic (exact) mass is 198 g/mol. The minimum absolute atomic E-state index is 0.0425. The number of aliphatic hydroxyl groups is 1. The van der Waals surface area contributed by atoms with Crippen LogP contribution < -0.4 is 5.73 Å². The first-order valence-electron chi connectivity index (χ1n) is 4.95. The third-order valence-electron chi connectivity index (χ3n) is 2.56. The molecular weight excluding hydrogens is 180 g/mol. The number of carbonyl (C=O) groups excluding carboxylic acids is 1. The van der Waals surface area contributed by atoms with Crippen LogP contribution in [0.1, 0.15) is 19.8 Å². The summed E-state index contributed by atoms with van der Waals surface area (Å²) in [6.07, 6.45) is 4.72. The van der Waals surface area contributed by atoms with E-state index in [2.05, 4.69) is 0 Å². The molecule has 1 unspecified atom stereocenters. The highest BCUT2D eigenvalue weighted by Crippen LogP contribution is 2.19. The number of nitrogens with zero attached hydrogens (tertiary/aromatic N) is 1. The predicted molar refractivity (Wildman–Crippen MR) is 54.6 cm³/mol. The number of amides is 1. The van der Waals surface area contributed by atoms with Crippen molar-refractivity contribution in [2.45, 2.75) is 25.4 Å². The molecule has 4 heteroatoms. The SMILES string of the molecule is C/C=C/C(=O)N1CCCC(O)(CN)C1. The van der Waals surface area contributed by atoms with Crippen LogP contribution >= 0.6 is 0 Å². The Hall–Kier alpha value is -0.870. The first kappa shape index (κ1) is 11.2. The number of nitrogens with two attached hydrogens (primary N) is 1. The van der Waals surface area contributed by atoms with Crippen LogP contribution in [-0.2, 0) is 4.79 Å². The number of likely N-dealkylation sites (tertiary alicyclic amines) is 1. The van der Waals surface area contributed by atoms with Gasteiger partial charge in [-0.3, -0.25) is 4.79 Å². The second-order valence-corrected chi connectivity index (χ2v) is 3.79. The third kappa shape index (κ3) is 2.56. The van der Waals surface area contributed by atoms with Crippen molar-refractivity contribution in [3.63, 3.8) is 0 Å². The number of piperidine rings is 1. The standard InChI is InChI=1S/C10H18N2O2/c1-2-4-9(13)12-6-3-5-10(14,7-11)8-12/h2,4,14H,3,5-8,11H2,1H3/b4-2+. The van der Waals surface area contributed by atoms with Gasteiger partial charge in [-0.25, -0.2) is 0 Å². The first-order chi connectivity index (χ1) is 6.61. The van der Waals surface area contributed by atoms with Crippen LogP contribution in [0.3, 0.4) is 0 Å². The number of allylic oxidation sites excluding steroid dienone is 1. The van der Waals surface area contributed by atoms with Gasteiger partial charge in [0.2, 0.25) is 5.91 Å². The molecule has 0 bridgehead atoms. The van der Waals surface area contributed by atoms with Gasteiger partial charge >= 0.3 is 0 Å². The van der Waals surface area contributed by atoms with Crippen molar-refractivity contribution in [1.82, 2.24) is 4.90 Å². The summed E-state index contributed by atoms with van der Waals surface area (Å²) < 4.78 is 0. The molecule has 1 rings (SSSR count). The molecule has 1 amide bonds. The zero-order valence-electron chi connectivity index (χ0n) is 8.57. The van der Waals surface area contributed by atoms with Crippen molar-refractivity contribution in [2.24, 2.45) is 5.73 Å². The van der Waals surface area contributed by atoms with E-state index in [9.17, 15) is 9.90 Å². The maximum Gasteiger partial charge on any atom is 0.246 e. The van der Waals surface area contributed by atoms with Gasteiger partial charge in [-0.15, -0.1) is 0 Å². The summed E-state index contributed by atoms with van der Waals surface area (Å²) in [5.41, 5.74) is 4.59. The number of β-amino-alcohol motifs (C(OH)–C–C–N with tert-alkyl or cyclic N) is 1. The van der Waals surface area contributed by atoms with Crippen molar-refractivity contribution in [3.8, 4) is 0 Å². The summed E-state index contributed by atoms with van der Waals surface area (Å²) in [7, 11) is 0. The first-order valence-corrected chi connectivity index (χ1v) is 4.95. The van der Waals surface area contributed by atoms with Gasteiger partial charge in [-0.2, -0.15) is 0 Å². The molecule has 1 aliphatic rings. The third-order valence-corrected chi connectivity index (χ3v) is 2.56. The van der Waals surface area contributed by atoms with Crippen LogP contribution in [-0.4, -0.2) is 41.1 Å². The topological polar surface area (TPSA) is 66.6 Å². The molecule has 0 aromatic rings. The molecule has 0 spiro atoms. The lowest BCUT2D eigenvalue weighted by atomic mass is 9.93. The molecule has 1 heterocycles. The molecule has 1 aliphatic heterocycles. The molecule has 1 saturated heterocycles. The molecule has 0 saturated carbocycles. The Balaban J connectivity index is 2.60. The van der Waals surface area contributed by atoms with Crippen LogP contribution in [0, 0.1) is 0 Å². The van der Waals surface area contributed by atoms with Crippen molar-refractivity contribution < 1.29 is 9.90 Å². The molecule has 0 aliphatic carbocycles. The molecule has 1 fully saturated rings. The summed E-state index contributed by atoms with van der Waals surface area (Å²) >= 11 is 0. The second-order valence-electron chi connectivity index (χ2n) is 3.79. The van der Waals surface area contributed by atoms with Crippen LogP contribution in [0.15, 0.2) is 12.2 Å². The number of carbonyl (C=O) groups is 1. The average Bonchev–Trinajstić information content (AvgIpc) is 2.18. The van der Waals surface area contributed by atoms with Crippen LogP contribution in [0.25, 0.3) is 0 Å². The molecule has 0 radical (unpaired) electrons. The van der Waals surface area contributed by atoms with Crippen molar-refractivity contribution in [1.29, 1.82) is 0 Å². The smallest absolute Gasteiger partial charge is 0.246 e. The quantitative estimate of drug-likeness (QED) is 0.608. The summed E-state index contributed by atoms with van der Waals surface area (Å²) in [5, 5.41) is 9.92. The minimum atomic E-state index is -0.879. The Labute approximate surface area is 84.4 Å². The predicted octanol–water partition coefficient (Wildman–Crippen LogP) is -0.125. The highest BCUT2D eigenvalue weighted by atomic mass is 16.3. The van der Waals surface area contributed by atoms with Crippen molar-refractivity contribution >= 4 is 5.91 Å². The normalized spacial score (nSPS) is 28.4. The number of rotatable bonds is 2. The molecule has 0 aromatic heterocycles. The number of hydrogen-bond acceptors (Lipinski definition) is 3. The van der Waals surface area contributed by atoms with Crippen LogP contribution in [0.5, 0.6) is 0 Å². The molecule has 1 atom stereocenters. The zero-order chi connectivity index (χ0) is 10.6. The Kier molecular flexibility index (Phi) is 3.66. The molecule has 14 heavy (non-hydrogen) atoms. The Bertz CT molecular complexity index is 240. The fourth-order valence-corrected chi connectivity index (χ4v) is 1.72. The molecular formula is C10H18N2O2. The fourth-order valence-electron chi connectivity index (χ4n) is 1.72. The Morgan fingerprint density at radius 3 is 3.00 bits per heavy atom. The molecule has 3 N–H and O–H groups in total. The highest BCUT2D eigenvalue weighted by molar-refractivity contribution is 5.87. The van der Waals surface area contributed by atoms with Gasteiger partial charge in [0.1, 0.15) is 0 Å². The van der Waals surface area contributed by atoms with E-state index < -0.39 is 5.60 Å². The maximum absolute atomic E-state index is 11.5. The van der Waals surface area contributed by atoms with Crippen molar-refractivity contribution in [3.05, 3.63) is 12.2 Å². The zero-order valence-corrected chi connectivity index (χ0v) is 8.57. The lowest BCUT2D eigenvalue weighted by Crippen LogP contribution is -2.53. The van der Waals surface area contributed by atoms with Gasteiger partial charge in [0.25, 0.3) is 0 Å². The summed E-state index contributed by atoms with van der Waals surface area (Å²) in [4.78, 5) is 13.1. The average molecular weight is 198 g/mol. The van der Waals surface area contributed by atoms with Crippen molar-refractivity contribution in [2.75, 3.05) is 19.6 Å². The van der Waals surface area contributed by atoms with Gasteiger partial charge in [-0.05, 0) is 25.8 Å².